The Balaban J connectivity index is 1.56. The van der Waals surface area contributed by atoms with Crippen LogP contribution in [-0.4, -0.2) is 32.5 Å². The SMILES string of the molecule is COc1ccc2c(c1)c(C(=O)c1cn(-c3ccccc3)nn1)cn2Cc1ccc(Cl)cc1. The van der Waals surface area contributed by atoms with E-state index in [2.05, 4.69) is 10.3 Å². The second-order valence-corrected chi connectivity index (χ2v) is 7.83. The first-order valence-electron chi connectivity index (χ1n) is 10.1. The molecule has 5 aromatic rings. The number of carbonyl (C=O) groups is 1. The Kier molecular flexibility index (Phi) is 5.21. The van der Waals surface area contributed by atoms with Crippen molar-refractivity contribution in [2.75, 3.05) is 7.11 Å². The summed E-state index contributed by atoms with van der Waals surface area (Å²) < 4.78 is 9.04. The van der Waals surface area contributed by atoms with Crippen LogP contribution in [0.5, 0.6) is 5.75 Å². The number of nitrogens with zero attached hydrogens (tertiary/aromatic N) is 4. The van der Waals surface area contributed by atoms with E-state index in [0.717, 1.165) is 22.2 Å². The van der Waals surface area contributed by atoms with E-state index in [4.69, 9.17) is 16.3 Å². The van der Waals surface area contributed by atoms with Crippen molar-refractivity contribution in [2.45, 2.75) is 6.54 Å². The highest BCUT2D eigenvalue weighted by Crippen LogP contribution is 2.28. The molecule has 0 atom stereocenters. The van der Waals surface area contributed by atoms with Gasteiger partial charge in [0.15, 0.2) is 5.69 Å². The van der Waals surface area contributed by atoms with E-state index in [1.165, 1.54) is 0 Å². The quantitative estimate of drug-likeness (QED) is 0.341. The molecule has 0 N–H and O–H groups in total. The number of halogens is 1. The van der Waals surface area contributed by atoms with Crippen LogP contribution in [0.1, 0.15) is 21.6 Å². The first-order chi connectivity index (χ1) is 15.6. The monoisotopic (exact) mass is 442 g/mol. The predicted molar refractivity (Wildman–Crippen MR) is 124 cm³/mol. The predicted octanol–water partition coefficient (Wildman–Crippen LogP) is 5.16. The second kappa shape index (κ2) is 8.32. The lowest BCUT2D eigenvalue weighted by Crippen LogP contribution is -2.02. The summed E-state index contributed by atoms with van der Waals surface area (Å²) in [5, 5.41) is 9.75. The number of aromatic nitrogens is 4. The van der Waals surface area contributed by atoms with Crippen LogP contribution >= 0.6 is 11.6 Å². The van der Waals surface area contributed by atoms with Crippen LogP contribution < -0.4 is 4.74 Å². The molecule has 0 aliphatic rings. The van der Waals surface area contributed by atoms with E-state index < -0.39 is 0 Å². The zero-order valence-corrected chi connectivity index (χ0v) is 18.0. The van der Waals surface area contributed by atoms with Crippen molar-refractivity contribution in [3.05, 3.63) is 107 Å². The van der Waals surface area contributed by atoms with Crippen molar-refractivity contribution in [3.8, 4) is 11.4 Å². The van der Waals surface area contributed by atoms with Crippen molar-refractivity contribution >= 4 is 28.3 Å². The lowest BCUT2D eigenvalue weighted by molar-refractivity contribution is 0.103. The molecule has 6 nitrogen and oxygen atoms in total. The van der Waals surface area contributed by atoms with Gasteiger partial charge in [0.2, 0.25) is 5.78 Å². The number of fused-ring (bicyclic) bond motifs is 1. The van der Waals surface area contributed by atoms with Gasteiger partial charge in [-0.25, -0.2) is 4.68 Å². The maximum Gasteiger partial charge on any atom is 0.217 e. The van der Waals surface area contributed by atoms with E-state index in [-0.39, 0.29) is 11.5 Å². The minimum atomic E-state index is -0.194. The van der Waals surface area contributed by atoms with Gasteiger partial charge in [-0.05, 0) is 48.0 Å². The van der Waals surface area contributed by atoms with Crippen LogP contribution in [0.15, 0.2) is 85.2 Å². The highest BCUT2D eigenvalue weighted by atomic mass is 35.5. The first kappa shape index (κ1) is 20.0. The Morgan fingerprint density at radius 1 is 1.00 bits per heavy atom. The summed E-state index contributed by atoms with van der Waals surface area (Å²) in [5.74, 6) is 0.490. The molecule has 158 valence electrons. The standard InChI is InChI=1S/C25H19ClN4O2/c1-32-20-11-12-24-21(13-20)22(15-29(24)14-17-7-9-18(26)10-8-17)25(31)23-16-30(28-27-23)19-5-3-2-4-6-19/h2-13,15-16H,14H2,1H3. The largest absolute Gasteiger partial charge is 0.497 e. The highest BCUT2D eigenvalue weighted by molar-refractivity contribution is 6.30. The Hall–Kier alpha value is -3.90. The average Bonchev–Trinajstić information content (AvgIpc) is 3.46. The number of methoxy groups -OCH3 is 1. The number of hydrogen-bond donors (Lipinski definition) is 0. The molecule has 0 radical (unpaired) electrons. The van der Waals surface area contributed by atoms with E-state index >= 15 is 0 Å². The number of ether oxygens (including phenoxy) is 1. The normalized spacial score (nSPS) is 11.1. The molecule has 0 amide bonds. The molecule has 2 aromatic heterocycles. The van der Waals surface area contributed by atoms with Gasteiger partial charge in [-0.1, -0.05) is 47.1 Å². The van der Waals surface area contributed by atoms with Gasteiger partial charge in [0, 0.05) is 34.2 Å². The molecule has 0 aliphatic heterocycles. The number of rotatable bonds is 6. The van der Waals surface area contributed by atoms with Gasteiger partial charge in [-0.2, -0.15) is 0 Å². The smallest absolute Gasteiger partial charge is 0.217 e. The Labute approximate surface area is 189 Å². The van der Waals surface area contributed by atoms with Crippen molar-refractivity contribution in [3.63, 3.8) is 0 Å². The van der Waals surface area contributed by atoms with E-state index in [1.807, 2.05) is 83.6 Å². The Bertz CT molecular complexity index is 1410. The van der Waals surface area contributed by atoms with E-state index in [1.54, 1.807) is 18.0 Å². The fourth-order valence-corrected chi connectivity index (χ4v) is 3.84. The minimum Gasteiger partial charge on any atom is -0.497 e. The third-order valence-electron chi connectivity index (χ3n) is 5.35. The highest BCUT2D eigenvalue weighted by Gasteiger charge is 2.20. The zero-order chi connectivity index (χ0) is 22.1. The molecule has 0 bridgehead atoms. The van der Waals surface area contributed by atoms with Crippen molar-refractivity contribution in [1.82, 2.24) is 19.6 Å². The summed E-state index contributed by atoms with van der Waals surface area (Å²) in [5.41, 5.74) is 3.68. The third kappa shape index (κ3) is 3.76. The molecule has 0 saturated heterocycles. The molecule has 0 fully saturated rings. The van der Waals surface area contributed by atoms with Crippen molar-refractivity contribution in [1.29, 1.82) is 0 Å². The number of hydrogen-bond acceptors (Lipinski definition) is 4. The van der Waals surface area contributed by atoms with Crippen LogP contribution in [0.2, 0.25) is 5.02 Å². The van der Waals surface area contributed by atoms with E-state index in [9.17, 15) is 4.79 Å². The van der Waals surface area contributed by atoms with Crippen LogP contribution in [0.25, 0.3) is 16.6 Å². The van der Waals surface area contributed by atoms with Gasteiger partial charge < -0.3 is 9.30 Å². The van der Waals surface area contributed by atoms with E-state index in [0.29, 0.717) is 22.9 Å². The van der Waals surface area contributed by atoms with Gasteiger partial charge >= 0.3 is 0 Å². The van der Waals surface area contributed by atoms with Gasteiger partial charge in [0.25, 0.3) is 0 Å². The van der Waals surface area contributed by atoms with Gasteiger partial charge in [0.1, 0.15) is 5.75 Å². The fourth-order valence-electron chi connectivity index (χ4n) is 3.71. The van der Waals surface area contributed by atoms with Crippen LogP contribution in [-0.2, 0) is 6.54 Å². The molecule has 3 aromatic carbocycles. The number of carbonyl (C=O) groups excluding carboxylic acids is 1. The number of para-hydroxylation sites is 1. The maximum absolute atomic E-state index is 13.4. The summed E-state index contributed by atoms with van der Waals surface area (Å²) in [6, 6.07) is 23.0. The first-order valence-corrected chi connectivity index (χ1v) is 10.4. The molecule has 5 rings (SSSR count). The summed E-state index contributed by atoms with van der Waals surface area (Å²) in [6.07, 6.45) is 3.52. The topological polar surface area (TPSA) is 61.9 Å². The maximum atomic E-state index is 13.4. The molecular weight excluding hydrogens is 424 g/mol. The number of ketones is 1. The summed E-state index contributed by atoms with van der Waals surface area (Å²) in [4.78, 5) is 13.4. The number of benzene rings is 3. The summed E-state index contributed by atoms with van der Waals surface area (Å²) in [6.45, 7) is 0.601. The van der Waals surface area contributed by atoms with Crippen LogP contribution in [0.3, 0.4) is 0 Å². The molecule has 0 aliphatic carbocycles. The minimum absolute atomic E-state index is 0.194. The Morgan fingerprint density at radius 3 is 2.53 bits per heavy atom. The molecule has 2 heterocycles. The average molecular weight is 443 g/mol. The third-order valence-corrected chi connectivity index (χ3v) is 5.60. The van der Waals surface area contributed by atoms with Crippen LogP contribution in [0, 0.1) is 0 Å². The van der Waals surface area contributed by atoms with Crippen molar-refractivity contribution < 1.29 is 9.53 Å². The van der Waals surface area contributed by atoms with Gasteiger partial charge in [-0.3, -0.25) is 4.79 Å². The molecule has 0 saturated carbocycles. The molecule has 7 heteroatoms. The lowest BCUT2D eigenvalue weighted by atomic mass is 10.1. The second-order valence-electron chi connectivity index (χ2n) is 7.39. The lowest BCUT2D eigenvalue weighted by Gasteiger charge is -2.06. The summed E-state index contributed by atoms with van der Waals surface area (Å²) in [7, 11) is 1.61. The molecule has 0 unspecified atom stereocenters. The fraction of sp³-hybridized carbons (Fsp3) is 0.0800. The molecule has 0 spiro atoms. The van der Waals surface area contributed by atoms with Gasteiger partial charge in [-0.15, -0.1) is 5.10 Å². The molecule has 32 heavy (non-hydrogen) atoms. The Morgan fingerprint density at radius 2 is 1.78 bits per heavy atom. The zero-order valence-electron chi connectivity index (χ0n) is 17.3. The van der Waals surface area contributed by atoms with Gasteiger partial charge in [0.05, 0.1) is 19.0 Å². The van der Waals surface area contributed by atoms with Crippen LogP contribution in [0.4, 0.5) is 0 Å². The van der Waals surface area contributed by atoms with Crippen molar-refractivity contribution in [2.24, 2.45) is 0 Å². The molecular formula is C25H19ClN4O2. The summed E-state index contributed by atoms with van der Waals surface area (Å²) >= 11 is 6.02.